The van der Waals surface area contributed by atoms with Gasteiger partial charge in [0.05, 0.1) is 5.56 Å². The van der Waals surface area contributed by atoms with Gasteiger partial charge in [0, 0.05) is 17.3 Å². The Hall–Kier alpha value is -3.81. The van der Waals surface area contributed by atoms with E-state index in [1.165, 1.54) is 12.1 Å². The Morgan fingerprint density at radius 3 is 2.33 bits per heavy atom. The topological polar surface area (TPSA) is 78.4 Å². The summed E-state index contributed by atoms with van der Waals surface area (Å²) >= 11 is 0. The molecule has 170 valence electrons. The molecule has 1 atom stereocenters. The fourth-order valence-electron chi connectivity index (χ4n) is 4.24. The standard InChI is InChI=1S/C25H21F3N2O3/c1-14-3-2-4-21(22(14)15-5-8-18(9-6-15)25(26,27)28)23(31)29-19-10-7-16-11-20(30-24(32)33)13-17(16)12-19/h2-10,12,20,30H,11,13H2,1H3,(H,29,31)(H,32,33)/t20-/m0/s1. The van der Waals surface area contributed by atoms with Crippen LogP contribution in [0.4, 0.5) is 23.7 Å². The van der Waals surface area contributed by atoms with E-state index in [2.05, 4.69) is 10.6 Å². The lowest BCUT2D eigenvalue weighted by Crippen LogP contribution is -2.33. The minimum Gasteiger partial charge on any atom is -0.465 e. The molecule has 0 aromatic heterocycles. The van der Waals surface area contributed by atoms with Crippen LogP contribution in [0.1, 0.15) is 32.6 Å². The Kier molecular flexibility index (Phi) is 5.84. The van der Waals surface area contributed by atoms with Gasteiger partial charge in [-0.1, -0.05) is 30.3 Å². The SMILES string of the molecule is Cc1cccc(C(=O)Nc2ccc3c(c2)C[C@@H](NC(=O)O)C3)c1-c1ccc(C(F)(F)F)cc1. The van der Waals surface area contributed by atoms with E-state index in [-0.39, 0.29) is 11.9 Å². The highest BCUT2D eigenvalue weighted by atomic mass is 19.4. The number of carbonyl (C=O) groups is 2. The van der Waals surface area contributed by atoms with Gasteiger partial charge in [-0.2, -0.15) is 13.2 Å². The molecule has 33 heavy (non-hydrogen) atoms. The Balaban J connectivity index is 1.58. The third kappa shape index (κ3) is 4.84. The predicted octanol–water partition coefficient (Wildman–Crippen LogP) is 5.67. The van der Waals surface area contributed by atoms with Crippen molar-refractivity contribution in [2.24, 2.45) is 0 Å². The van der Waals surface area contributed by atoms with Crippen LogP contribution in [0.25, 0.3) is 11.1 Å². The van der Waals surface area contributed by atoms with Gasteiger partial charge < -0.3 is 15.7 Å². The Morgan fingerprint density at radius 1 is 0.970 bits per heavy atom. The molecule has 3 aromatic carbocycles. The van der Waals surface area contributed by atoms with Gasteiger partial charge in [-0.3, -0.25) is 4.79 Å². The molecule has 4 rings (SSSR count). The van der Waals surface area contributed by atoms with Gasteiger partial charge in [0.1, 0.15) is 0 Å². The molecule has 8 heteroatoms. The molecule has 0 aliphatic heterocycles. The Morgan fingerprint density at radius 2 is 1.67 bits per heavy atom. The quantitative estimate of drug-likeness (QED) is 0.476. The molecule has 0 fully saturated rings. The van der Waals surface area contributed by atoms with E-state index in [0.29, 0.717) is 35.2 Å². The van der Waals surface area contributed by atoms with Crippen LogP contribution < -0.4 is 10.6 Å². The molecule has 2 amide bonds. The highest BCUT2D eigenvalue weighted by Gasteiger charge is 2.30. The summed E-state index contributed by atoms with van der Waals surface area (Å²) in [7, 11) is 0. The zero-order valence-electron chi connectivity index (χ0n) is 17.7. The summed E-state index contributed by atoms with van der Waals surface area (Å²) in [6, 6.07) is 15.1. The first kappa shape index (κ1) is 22.4. The van der Waals surface area contributed by atoms with Crippen molar-refractivity contribution >= 4 is 17.7 Å². The van der Waals surface area contributed by atoms with Crippen molar-refractivity contribution in [3.05, 3.63) is 88.5 Å². The number of halogens is 3. The largest absolute Gasteiger partial charge is 0.465 e. The number of carboxylic acid groups (broad SMARTS) is 1. The zero-order valence-corrected chi connectivity index (χ0v) is 17.7. The zero-order chi connectivity index (χ0) is 23.8. The van der Waals surface area contributed by atoms with Crippen LogP contribution in [0, 0.1) is 6.92 Å². The number of hydrogen-bond acceptors (Lipinski definition) is 2. The number of anilines is 1. The number of hydrogen-bond donors (Lipinski definition) is 3. The smallest absolute Gasteiger partial charge is 0.416 e. The van der Waals surface area contributed by atoms with Crippen LogP contribution in [-0.4, -0.2) is 23.1 Å². The van der Waals surface area contributed by atoms with E-state index in [4.69, 9.17) is 5.11 Å². The Bertz CT molecular complexity index is 1220. The summed E-state index contributed by atoms with van der Waals surface area (Å²) in [4.78, 5) is 24.0. The van der Waals surface area contributed by atoms with Crippen molar-refractivity contribution in [2.75, 3.05) is 5.32 Å². The second-order valence-electron chi connectivity index (χ2n) is 8.06. The summed E-state index contributed by atoms with van der Waals surface area (Å²) < 4.78 is 38.8. The fourth-order valence-corrected chi connectivity index (χ4v) is 4.24. The maximum absolute atomic E-state index is 13.1. The number of nitrogens with one attached hydrogen (secondary N) is 2. The van der Waals surface area contributed by atoms with Gasteiger partial charge in [0.15, 0.2) is 0 Å². The number of aryl methyl sites for hydroxylation is 1. The molecule has 0 radical (unpaired) electrons. The van der Waals surface area contributed by atoms with E-state index >= 15 is 0 Å². The maximum Gasteiger partial charge on any atom is 0.416 e. The van der Waals surface area contributed by atoms with E-state index in [1.54, 1.807) is 31.2 Å². The van der Waals surface area contributed by atoms with Gasteiger partial charge in [-0.15, -0.1) is 0 Å². The molecule has 1 aliphatic carbocycles. The molecule has 3 N–H and O–H groups in total. The van der Waals surface area contributed by atoms with E-state index in [1.807, 2.05) is 12.1 Å². The van der Waals surface area contributed by atoms with Crippen molar-refractivity contribution < 1.29 is 27.9 Å². The van der Waals surface area contributed by atoms with Gasteiger partial charge >= 0.3 is 12.3 Å². The molecule has 0 saturated heterocycles. The van der Waals surface area contributed by atoms with Crippen molar-refractivity contribution in [1.82, 2.24) is 5.32 Å². The van der Waals surface area contributed by atoms with Crippen LogP contribution >= 0.6 is 0 Å². The molecule has 3 aromatic rings. The molecular weight excluding hydrogens is 433 g/mol. The number of carbonyl (C=O) groups excluding carboxylic acids is 1. The van der Waals surface area contributed by atoms with Gasteiger partial charge in [-0.25, -0.2) is 4.79 Å². The van der Waals surface area contributed by atoms with Crippen LogP contribution in [0.2, 0.25) is 0 Å². The van der Waals surface area contributed by atoms with Crippen molar-refractivity contribution in [3.63, 3.8) is 0 Å². The van der Waals surface area contributed by atoms with Gasteiger partial charge in [0.2, 0.25) is 0 Å². The molecule has 0 bridgehead atoms. The first-order chi connectivity index (χ1) is 15.6. The molecule has 0 spiro atoms. The minimum atomic E-state index is -4.43. The molecule has 5 nitrogen and oxygen atoms in total. The van der Waals surface area contributed by atoms with E-state index in [0.717, 1.165) is 28.8 Å². The summed E-state index contributed by atoms with van der Waals surface area (Å²) in [6.07, 6.45) is -4.38. The first-order valence-corrected chi connectivity index (χ1v) is 10.3. The third-order valence-corrected chi connectivity index (χ3v) is 5.74. The number of benzene rings is 3. The first-order valence-electron chi connectivity index (χ1n) is 10.3. The van der Waals surface area contributed by atoms with E-state index < -0.39 is 17.8 Å². The van der Waals surface area contributed by atoms with Crippen molar-refractivity contribution in [3.8, 4) is 11.1 Å². The second-order valence-corrected chi connectivity index (χ2v) is 8.06. The molecule has 0 heterocycles. The second kappa shape index (κ2) is 8.61. The highest BCUT2D eigenvalue weighted by Crippen LogP contribution is 2.33. The van der Waals surface area contributed by atoms with Crippen molar-refractivity contribution in [2.45, 2.75) is 32.0 Å². The normalized spacial score (nSPS) is 15.1. The predicted molar refractivity (Wildman–Crippen MR) is 118 cm³/mol. The van der Waals surface area contributed by atoms with Crippen LogP contribution in [0.5, 0.6) is 0 Å². The lowest BCUT2D eigenvalue weighted by atomic mass is 9.93. The lowest BCUT2D eigenvalue weighted by molar-refractivity contribution is -0.137. The molecule has 1 aliphatic rings. The van der Waals surface area contributed by atoms with Gasteiger partial charge in [0.25, 0.3) is 5.91 Å². The maximum atomic E-state index is 13.1. The van der Waals surface area contributed by atoms with Crippen LogP contribution in [0.15, 0.2) is 60.7 Å². The average molecular weight is 454 g/mol. The Labute approximate surface area is 188 Å². The molecule has 0 saturated carbocycles. The lowest BCUT2D eigenvalue weighted by Gasteiger charge is -2.15. The summed E-state index contributed by atoms with van der Waals surface area (Å²) in [5, 5.41) is 14.3. The summed E-state index contributed by atoms with van der Waals surface area (Å²) in [5.74, 6) is -0.383. The van der Waals surface area contributed by atoms with Gasteiger partial charge in [-0.05, 0) is 77.9 Å². The number of fused-ring (bicyclic) bond motifs is 1. The van der Waals surface area contributed by atoms with E-state index in [9.17, 15) is 22.8 Å². The van der Waals surface area contributed by atoms with Crippen LogP contribution in [-0.2, 0) is 19.0 Å². The monoisotopic (exact) mass is 454 g/mol. The molecular formula is C25H21F3N2O3. The molecule has 0 unspecified atom stereocenters. The number of rotatable bonds is 4. The fraction of sp³-hybridized carbons (Fsp3) is 0.200. The third-order valence-electron chi connectivity index (χ3n) is 5.74. The van der Waals surface area contributed by atoms with Crippen LogP contribution in [0.3, 0.4) is 0 Å². The highest BCUT2D eigenvalue weighted by molar-refractivity contribution is 6.09. The summed E-state index contributed by atoms with van der Waals surface area (Å²) in [5.41, 5.74) is 3.98. The minimum absolute atomic E-state index is 0.202. The summed E-state index contributed by atoms with van der Waals surface area (Å²) in [6.45, 7) is 1.80. The average Bonchev–Trinajstić information content (AvgIpc) is 3.13. The van der Waals surface area contributed by atoms with Crippen molar-refractivity contribution in [1.29, 1.82) is 0 Å². The number of alkyl halides is 3. The number of amides is 2.